The summed E-state index contributed by atoms with van der Waals surface area (Å²) in [6.07, 6.45) is 4.88. The second-order valence-corrected chi connectivity index (χ2v) is 6.80. The largest absolute Gasteiger partial charge is 0.393 e. The van der Waals surface area contributed by atoms with Crippen molar-refractivity contribution in [3.05, 3.63) is 28.2 Å². The van der Waals surface area contributed by atoms with Crippen LogP contribution in [0.25, 0.3) is 0 Å². The van der Waals surface area contributed by atoms with Crippen LogP contribution < -0.4 is 5.56 Å². The Morgan fingerprint density at radius 2 is 2.15 bits per heavy atom. The minimum Gasteiger partial charge on any atom is -0.393 e. The van der Waals surface area contributed by atoms with E-state index in [4.69, 9.17) is 0 Å². The van der Waals surface area contributed by atoms with Crippen molar-refractivity contribution in [3.8, 4) is 0 Å². The number of aryl methyl sites for hydroxylation is 1. The standard InChI is InChI=1S/C16H26N2O2/c1-5-16(3,4)13-7-6-12(19)9-14(13)18-15(20)8-11(2)10-17-18/h8,10,12-14,19H,5-7,9H2,1-4H3. The lowest BCUT2D eigenvalue weighted by Gasteiger charge is -2.43. The highest BCUT2D eigenvalue weighted by Crippen LogP contribution is 2.45. The molecule has 1 heterocycles. The second kappa shape index (κ2) is 5.68. The van der Waals surface area contributed by atoms with Crippen molar-refractivity contribution in [3.63, 3.8) is 0 Å². The third-order valence-corrected chi connectivity index (χ3v) is 4.98. The van der Waals surface area contributed by atoms with Crippen molar-refractivity contribution in [2.24, 2.45) is 11.3 Å². The summed E-state index contributed by atoms with van der Waals surface area (Å²) in [4.78, 5) is 12.2. The van der Waals surface area contributed by atoms with E-state index in [1.807, 2.05) is 6.92 Å². The van der Waals surface area contributed by atoms with Crippen LogP contribution in [-0.2, 0) is 0 Å². The summed E-state index contributed by atoms with van der Waals surface area (Å²) in [6, 6.07) is 1.63. The van der Waals surface area contributed by atoms with Crippen LogP contribution in [0.2, 0.25) is 0 Å². The molecule has 2 rings (SSSR count). The van der Waals surface area contributed by atoms with Gasteiger partial charge < -0.3 is 5.11 Å². The number of hydrogen-bond donors (Lipinski definition) is 1. The van der Waals surface area contributed by atoms with Crippen LogP contribution in [-0.4, -0.2) is 21.0 Å². The van der Waals surface area contributed by atoms with E-state index < -0.39 is 0 Å². The molecule has 0 bridgehead atoms. The smallest absolute Gasteiger partial charge is 0.267 e. The maximum absolute atomic E-state index is 12.2. The molecule has 1 N–H and O–H groups in total. The monoisotopic (exact) mass is 278 g/mol. The molecule has 1 aromatic rings. The van der Waals surface area contributed by atoms with Gasteiger partial charge in [0.05, 0.1) is 18.3 Å². The van der Waals surface area contributed by atoms with Crippen molar-refractivity contribution in [1.82, 2.24) is 9.78 Å². The maximum atomic E-state index is 12.2. The Labute approximate surface area is 120 Å². The van der Waals surface area contributed by atoms with Crippen LogP contribution in [0, 0.1) is 18.3 Å². The molecule has 4 nitrogen and oxygen atoms in total. The number of aromatic nitrogens is 2. The van der Waals surface area contributed by atoms with Crippen molar-refractivity contribution in [2.45, 2.75) is 65.5 Å². The van der Waals surface area contributed by atoms with Gasteiger partial charge in [0, 0.05) is 6.07 Å². The van der Waals surface area contributed by atoms with E-state index in [-0.39, 0.29) is 23.1 Å². The van der Waals surface area contributed by atoms with Gasteiger partial charge in [0.2, 0.25) is 0 Å². The fourth-order valence-corrected chi connectivity index (χ4v) is 3.33. The average Bonchev–Trinajstić information content (AvgIpc) is 2.38. The molecular weight excluding hydrogens is 252 g/mol. The van der Waals surface area contributed by atoms with Gasteiger partial charge in [-0.3, -0.25) is 4.79 Å². The molecule has 0 radical (unpaired) electrons. The highest BCUT2D eigenvalue weighted by Gasteiger charge is 2.40. The van der Waals surface area contributed by atoms with Gasteiger partial charge in [0.25, 0.3) is 5.56 Å². The molecule has 4 heteroatoms. The lowest BCUT2D eigenvalue weighted by atomic mass is 9.66. The molecule has 1 aliphatic carbocycles. The summed E-state index contributed by atoms with van der Waals surface area (Å²) in [5, 5.41) is 14.3. The van der Waals surface area contributed by atoms with Gasteiger partial charge in [-0.2, -0.15) is 5.10 Å². The van der Waals surface area contributed by atoms with Gasteiger partial charge in [0.15, 0.2) is 0 Å². The van der Waals surface area contributed by atoms with Crippen LogP contribution in [0.3, 0.4) is 0 Å². The van der Waals surface area contributed by atoms with E-state index >= 15 is 0 Å². The third-order valence-electron chi connectivity index (χ3n) is 4.98. The molecule has 1 fully saturated rings. The Bertz CT molecular complexity index is 521. The Kier molecular flexibility index (Phi) is 4.33. The topological polar surface area (TPSA) is 55.1 Å². The summed E-state index contributed by atoms with van der Waals surface area (Å²) < 4.78 is 1.59. The average molecular weight is 278 g/mol. The molecule has 1 aliphatic rings. The zero-order valence-electron chi connectivity index (χ0n) is 13.0. The number of aliphatic hydroxyl groups excluding tert-OH is 1. The second-order valence-electron chi connectivity index (χ2n) is 6.80. The van der Waals surface area contributed by atoms with E-state index in [0.29, 0.717) is 12.3 Å². The Hall–Kier alpha value is -1.16. The molecule has 0 amide bonds. The molecule has 0 aliphatic heterocycles. The minimum absolute atomic E-state index is 0.00167. The molecule has 20 heavy (non-hydrogen) atoms. The van der Waals surface area contributed by atoms with E-state index in [0.717, 1.165) is 24.8 Å². The lowest BCUT2D eigenvalue weighted by molar-refractivity contribution is 0.0153. The van der Waals surface area contributed by atoms with E-state index in [2.05, 4.69) is 25.9 Å². The Morgan fingerprint density at radius 1 is 1.45 bits per heavy atom. The molecule has 112 valence electrons. The Morgan fingerprint density at radius 3 is 2.75 bits per heavy atom. The molecule has 1 aromatic heterocycles. The third kappa shape index (κ3) is 2.95. The first-order valence-electron chi connectivity index (χ1n) is 7.58. The van der Waals surface area contributed by atoms with Crippen molar-refractivity contribution >= 4 is 0 Å². The molecule has 0 spiro atoms. The van der Waals surface area contributed by atoms with Gasteiger partial charge in [-0.25, -0.2) is 4.68 Å². The molecule has 3 unspecified atom stereocenters. The summed E-state index contributed by atoms with van der Waals surface area (Å²) in [5.41, 5.74) is 0.978. The molecule has 1 saturated carbocycles. The quantitative estimate of drug-likeness (QED) is 0.925. The van der Waals surface area contributed by atoms with Crippen LogP contribution in [0.15, 0.2) is 17.1 Å². The minimum atomic E-state index is -0.320. The fourth-order valence-electron chi connectivity index (χ4n) is 3.33. The first kappa shape index (κ1) is 15.2. The summed E-state index contributed by atoms with van der Waals surface area (Å²) in [6.45, 7) is 8.57. The summed E-state index contributed by atoms with van der Waals surface area (Å²) in [5.74, 6) is 0.379. The summed E-state index contributed by atoms with van der Waals surface area (Å²) >= 11 is 0. The van der Waals surface area contributed by atoms with Crippen LogP contribution in [0.4, 0.5) is 0 Å². The highest BCUT2D eigenvalue weighted by atomic mass is 16.3. The number of hydrogen-bond acceptors (Lipinski definition) is 3. The normalized spacial score (nSPS) is 27.6. The van der Waals surface area contributed by atoms with Crippen molar-refractivity contribution < 1.29 is 5.11 Å². The predicted octanol–water partition coefficient (Wildman–Crippen LogP) is 2.69. The summed E-state index contributed by atoms with van der Waals surface area (Å²) in [7, 11) is 0. The molecular formula is C16H26N2O2. The van der Waals surface area contributed by atoms with Gasteiger partial charge >= 0.3 is 0 Å². The van der Waals surface area contributed by atoms with Crippen molar-refractivity contribution in [2.75, 3.05) is 0 Å². The predicted molar refractivity (Wildman–Crippen MR) is 79.7 cm³/mol. The zero-order valence-corrected chi connectivity index (χ0v) is 13.0. The van der Waals surface area contributed by atoms with Gasteiger partial charge in [0.1, 0.15) is 0 Å². The van der Waals surface area contributed by atoms with Crippen LogP contribution in [0.5, 0.6) is 0 Å². The number of rotatable bonds is 3. The lowest BCUT2D eigenvalue weighted by Crippen LogP contribution is -2.42. The molecule has 0 saturated heterocycles. The molecule has 0 aromatic carbocycles. The maximum Gasteiger partial charge on any atom is 0.267 e. The van der Waals surface area contributed by atoms with Gasteiger partial charge in [-0.15, -0.1) is 0 Å². The van der Waals surface area contributed by atoms with E-state index in [9.17, 15) is 9.90 Å². The van der Waals surface area contributed by atoms with E-state index in [1.165, 1.54) is 0 Å². The Balaban J connectivity index is 2.40. The zero-order chi connectivity index (χ0) is 14.9. The van der Waals surface area contributed by atoms with Crippen LogP contribution in [0.1, 0.15) is 58.1 Å². The van der Waals surface area contributed by atoms with Gasteiger partial charge in [-0.1, -0.05) is 27.2 Å². The number of aliphatic hydroxyl groups is 1. The van der Waals surface area contributed by atoms with Gasteiger partial charge in [-0.05, 0) is 43.1 Å². The first-order chi connectivity index (χ1) is 9.35. The number of nitrogens with zero attached hydrogens (tertiary/aromatic N) is 2. The van der Waals surface area contributed by atoms with Crippen LogP contribution >= 0.6 is 0 Å². The highest BCUT2D eigenvalue weighted by molar-refractivity contribution is 5.04. The fraction of sp³-hybridized carbons (Fsp3) is 0.750. The van der Waals surface area contributed by atoms with Crippen molar-refractivity contribution in [1.29, 1.82) is 0 Å². The first-order valence-corrected chi connectivity index (χ1v) is 7.58. The SMILES string of the molecule is CCC(C)(C)C1CCC(O)CC1n1ncc(C)cc1=O. The molecule has 3 atom stereocenters. The van der Waals surface area contributed by atoms with E-state index in [1.54, 1.807) is 16.9 Å².